The van der Waals surface area contributed by atoms with E-state index in [0.717, 1.165) is 0 Å². The molecule has 0 aliphatic carbocycles. The highest BCUT2D eigenvalue weighted by Crippen LogP contribution is 2.09. The van der Waals surface area contributed by atoms with E-state index in [2.05, 4.69) is 42.9 Å². The Labute approximate surface area is 126 Å². The van der Waals surface area contributed by atoms with Crippen molar-refractivity contribution in [3.8, 4) is 0 Å². The molecule has 114 valence electrons. The van der Waals surface area contributed by atoms with Crippen molar-refractivity contribution in [1.29, 1.82) is 0 Å². The first-order valence-electron chi connectivity index (χ1n) is 8.84. The summed E-state index contributed by atoms with van der Waals surface area (Å²) in [6, 6.07) is 4.55. The van der Waals surface area contributed by atoms with E-state index in [9.17, 15) is 0 Å². The van der Waals surface area contributed by atoms with Gasteiger partial charge in [0.05, 0.1) is 0 Å². The molecule has 0 saturated carbocycles. The lowest BCUT2D eigenvalue weighted by atomic mass is 10.1. The minimum atomic E-state index is 1.18. The van der Waals surface area contributed by atoms with Gasteiger partial charge in [0.1, 0.15) is 6.54 Å². The summed E-state index contributed by atoms with van der Waals surface area (Å²) >= 11 is 0. The van der Waals surface area contributed by atoms with Gasteiger partial charge in [0.2, 0.25) is 0 Å². The van der Waals surface area contributed by atoms with Gasteiger partial charge in [0, 0.05) is 18.6 Å². The molecular formula is C19H34N+. The average molecular weight is 276 g/mol. The van der Waals surface area contributed by atoms with Gasteiger partial charge in [0.15, 0.2) is 12.4 Å². The maximum Gasteiger partial charge on any atom is 0.169 e. The van der Waals surface area contributed by atoms with Gasteiger partial charge in [-0.3, -0.25) is 0 Å². The molecule has 0 aliphatic heterocycles. The standard InChI is InChI=1S/C19H34N/c1-3-5-6-7-8-9-10-11-12-16-20-17-14-19(13-4-2)15-18-20/h14-15,17-18H,3-13,16H2,1-2H3/q+1. The molecule has 0 amide bonds. The Morgan fingerprint density at radius 1 is 0.700 bits per heavy atom. The van der Waals surface area contributed by atoms with Gasteiger partial charge < -0.3 is 0 Å². The van der Waals surface area contributed by atoms with Crippen LogP contribution in [0.2, 0.25) is 0 Å². The Morgan fingerprint density at radius 3 is 1.80 bits per heavy atom. The summed E-state index contributed by atoms with van der Waals surface area (Å²) in [4.78, 5) is 0. The Bertz CT molecular complexity index is 315. The largest absolute Gasteiger partial charge is 0.205 e. The molecule has 0 aliphatic rings. The topological polar surface area (TPSA) is 3.88 Å². The predicted molar refractivity (Wildman–Crippen MR) is 87.9 cm³/mol. The zero-order chi connectivity index (χ0) is 14.5. The molecule has 0 N–H and O–H groups in total. The van der Waals surface area contributed by atoms with Crippen molar-refractivity contribution in [2.75, 3.05) is 0 Å². The van der Waals surface area contributed by atoms with Crippen LogP contribution in [0, 0.1) is 0 Å². The second-order valence-corrected chi connectivity index (χ2v) is 6.02. The van der Waals surface area contributed by atoms with Crippen LogP contribution in [0.4, 0.5) is 0 Å². The van der Waals surface area contributed by atoms with Crippen molar-refractivity contribution >= 4 is 0 Å². The molecule has 1 rings (SSSR count). The first-order valence-corrected chi connectivity index (χ1v) is 8.84. The summed E-state index contributed by atoms with van der Waals surface area (Å²) in [5, 5.41) is 0. The van der Waals surface area contributed by atoms with Gasteiger partial charge in [-0.15, -0.1) is 0 Å². The van der Waals surface area contributed by atoms with Gasteiger partial charge in [-0.25, -0.2) is 4.57 Å². The molecule has 0 aromatic carbocycles. The van der Waals surface area contributed by atoms with Gasteiger partial charge in [-0.2, -0.15) is 0 Å². The lowest BCUT2D eigenvalue weighted by molar-refractivity contribution is -0.697. The molecule has 20 heavy (non-hydrogen) atoms. The van der Waals surface area contributed by atoms with Crippen molar-refractivity contribution in [3.05, 3.63) is 30.1 Å². The summed E-state index contributed by atoms with van der Waals surface area (Å²) in [6.45, 7) is 5.71. The Hall–Kier alpha value is -0.850. The van der Waals surface area contributed by atoms with Gasteiger partial charge in [-0.05, 0) is 18.4 Å². The Kier molecular flexibility index (Phi) is 10.3. The first-order chi connectivity index (χ1) is 9.86. The maximum absolute atomic E-state index is 2.33. The molecule has 0 unspecified atom stereocenters. The van der Waals surface area contributed by atoms with Gasteiger partial charge in [-0.1, -0.05) is 65.2 Å². The van der Waals surface area contributed by atoms with E-state index in [0.29, 0.717) is 0 Å². The van der Waals surface area contributed by atoms with Crippen LogP contribution in [-0.2, 0) is 13.0 Å². The number of rotatable bonds is 12. The third-order valence-electron chi connectivity index (χ3n) is 4.02. The number of pyridine rings is 1. The number of unbranched alkanes of at least 4 members (excludes halogenated alkanes) is 8. The fourth-order valence-corrected chi connectivity index (χ4v) is 2.70. The zero-order valence-electron chi connectivity index (χ0n) is 13.7. The van der Waals surface area contributed by atoms with E-state index >= 15 is 0 Å². The molecule has 1 aromatic heterocycles. The van der Waals surface area contributed by atoms with Crippen LogP contribution < -0.4 is 4.57 Å². The molecule has 0 radical (unpaired) electrons. The first kappa shape index (κ1) is 17.2. The SMILES string of the molecule is CCCCCCCCCCC[n+]1ccc(CCC)cc1. The fourth-order valence-electron chi connectivity index (χ4n) is 2.70. The molecule has 1 nitrogen and oxygen atoms in total. The van der Waals surface area contributed by atoms with E-state index in [1.807, 2.05) is 0 Å². The Balaban J connectivity index is 1.98. The van der Waals surface area contributed by atoms with Crippen LogP contribution >= 0.6 is 0 Å². The summed E-state index contributed by atoms with van der Waals surface area (Å²) in [5.74, 6) is 0. The average Bonchev–Trinajstić information content (AvgIpc) is 2.47. The monoisotopic (exact) mass is 276 g/mol. The highest BCUT2D eigenvalue weighted by atomic mass is 14.9. The summed E-state index contributed by atoms with van der Waals surface area (Å²) in [6.07, 6.45) is 19.6. The van der Waals surface area contributed by atoms with E-state index in [1.54, 1.807) is 0 Å². The molecule has 0 saturated heterocycles. The lowest BCUT2D eigenvalue weighted by Gasteiger charge is -2.01. The molecular weight excluding hydrogens is 242 g/mol. The predicted octanol–water partition coefficient (Wildman–Crippen LogP) is 5.46. The van der Waals surface area contributed by atoms with Gasteiger partial charge in [0.25, 0.3) is 0 Å². The van der Waals surface area contributed by atoms with Gasteiger partial charge >= 0.3 is 0 Å². The lowest BCUT2D eigenvalue weighted by Crippen LogP contribution is -2.32. The summed E-state index contributed by atoms with van der Waals surface area (Å²) < 4.78 is 2.33. The second-order valence-electron chi connectivity index (χ2n) is 6.02. The quantitative estimate of drug-likeness (QED) is 0.353. The third kappa shape index (κ3) is 8.35. The Morgan fingerprint density at radius 2 is 1.25 bits per heavy atom. The van der Waals surface area contributed by atoms with Crippen molar-refractivity contribution in [2.24, 2.45) is 0 Å². The van der Waals surface area contributed by atoms with Crippen LogP contribution in [0.25, 0.3) is 0 Å². The number of nitrogens with zero attached hydrogens (tertiary/aromatic N) is 1. The molecule has 0 atom stereocenters. The minimum absolute atomic E-state index is 1.18. The van der Waals surface area contributed by atoms with Crippen LogP contribution in [-0.4, -0.2) is 0 Å². The van der Waals surface area contributed by atoms with E-state index in [4.69, 9.17) is 0 Å². The van der Waals surface area contributed by atoms with Crippen LogP contribution in [0.1, 0.15) is 83.6 Å². The molecule has 1 aromatic rings. The maximum atomic E-state index is 2.33. The third-order valence-corrected chi connectivity index (χ3v) is 4.02. The highest BCUT2D eigenvalue weighted by Gasteiger charge is 2.00. The van der Waals surface area contributed by atoms with Crippen LogP contribution in [0.5, 0.6) is 0 Å². The second kappa shape index (κ2) is 11.9. The molecule has 0 bridgehead atoms. The van der Waals surface area contributed by atoms with Crippen molar-refractivity contribution < 1.29 is 4.57 Å². The van der Waals surface area contributed by atoms with Crippen molar-refractivity contribution in [1.82, 2.24) is 0 Å². The van der Waals surface area contributed by atoms with Crippen molar-refractivity contribution in [3.63, 3.8) is 0 Å². The molecule has 0 fully saturated rings. The number of hydrogen-bond acceptors (Lipinski definition) is 0. The summed E-state index contributed by atoms with van der Waals surface area (Å²) in [7, 11) is 0. The molecule has 1 heteroatoms. The normalized spacial score (nSPS) is 10.9. The van der Waals surface area contributed by atoms with E-state index < -0.39 is 0 Å². The zero-order valence-corrected chi connectivity index (χ0v) is 13.7. The number of aryl methyl sites for hydroxylation is 2. The molecule has 0 spiro atoms. The van der Waals surface area contributed by atoms with Crippen LogP contribution in [0.15, 0.2) is 24.5 Å². The minimum Gasteiger partial charge on any atom is -0.205 e. The fraction of sp³-hybridized carbons (Fsp3) is 0.737. The number of hydrogen-bond donors (Lipinski definition) is 0. The highest BCUT2D eigenvalue weighted by molar-refractivity contribution is 5.06. The van der Waals surface area contributed by atoms with Crippen molar-refractivity contribution in [2.45, 2.75) is 91.0 Å². The number of aromatic nitrogens is 1. The van der Waals surface area contributed by atoms with E-state index in [-0.39, 0.29) is 0 Å². The van der Waals surface area contributed by atoms with Crippen LogP contribution in [0.3, 0.4) is 0 Å². The van der Waals surface area contributed by atoms with E-state index in [1.165, 1.54) is 82.7 Å². The molecule has 1 heterocycles. The summed E-state index contributed by atoms with van der Waals surface area (Å²) in [5.41, 5.74) is 1.47. The smallest absolute Gasteiger partial charge is 0.169 e.